The number of aromatic nitrogens is 3. The largest absolute Gasteiger partial charge is 0.467 e. The molecule has 314 valence electrons. The van der Waals surface area contributed by atoms with Crippen LogP contribution in [0.3, 0.4) is 0 Å². The number of benzene rings is 2. The molecule has 2 aromatic carbocycles. The van der Waals surface area contributed by atoms with Crippen LogP contribution in [-0.4, -0.2) is 121 Å². The number of piperidine rings is 1. The van der Waals surface area contributed by atoms with Crippen LogP contribution in [0.1, 0.15) is 76.2 Å². The van der Waals surface area contributed by atoms with Gasteiger partial charge in [-0.3, -0.25) is 19.5 Å². The maximum absolute atomic E-state index is 16.1. The van der Waals surface area contributed by atoms with Gasteiger partial charge in [-0.05, 0) is 82.2 Å². The van der Waals surface area contributed by atoms with E-state index in [0.717, 1.165) is 77.0 Å². The Morgan fingerprint density at radius 1 is 1.00 bits per heavy atom. The molecule has 12 nitrogen and oxygen atoms in total. The first-order valence-corrected chi connectivity index (χ1v) is 21.1. The summed E-state index contributed by atoms with van der Waals surface area (Å²) in [4.78, 5) is 41.6. The van der Waals surface area contributed by atoms with Crippen LogP contribution >= 0.6 is 0 Å². The van der Waals surface area contributed by atoms with Gasteiger partial charge in [-0.15, -0.1) is 6.42 Å². The highest BCUT2D eigenvalue weighted by atomic mass is 19.1. The predicted molar refractivity (Wildman–Crippen MR) is 225 cm³/mol. The van der Waals surface area contributed by atoms with E-state index in [1.165, 1.54) is 51.8 Å². The van der Waals surface area contributed by atoms with Crippen molar-refractivity contribution in [3.8, 4) is 29.6 Å². The molecule has 5 saturated heterocycles. The van der Waals surface area contributed by atoms with Crippen molar-refractivity contribution in [1.29, 1.82) is 0 Å². The molecule has 7 heterocycles. The van der Waals surface area contributed by atoms with Crippen molar-refractivity contribution in [2.24, 2.45) is 0 Å². The van der Waals surface area contributed by atoms with Crippen LogP contribution in [0.4, 0.5) is 14.6 Å². The van der Waals surface area contributed by atoms with Gasteiger partial charge in [0, 0.05) is 87.6 Å². The highest BCUT2D eigenvalue weighted by Gasteiger charge is 2.36. The first-order valence-electron chi connectivity index (χ1n) is 21.1. The summed E-state index contributed by atoms with van der Waals surface area (Å²) in [5.74, 6) is 2.08. The Labute approximate surface area is 345 Å². The van der Waals surface area contributed by atoms with Crippen LogP contribution in [0.5, 0.6) is 6.01 Å². The van der Waals surface area contributed by atoms with Gasteiger partial charge in [-0.2, -0.15) is 9.97 Å². The van der Waals surface area contributed by atoms with Gasteiger partial charge in [0.25, 0.3) is 0 Å². The number of nitrogens with zero attached hydrogens (tertiary/aromatic N) is 6. The number of likely N-dealkylation sites (tertiary alicyclic amines) is 1. The molecule has 2 aromatic heterocycles. The second kappa shape index (κ2) is 19.9. The van der Waals surface area contributed by atoms with E-state index in [2.05, 4.69) is 41.3 Å². The lowest BCUT2D eigenvalue weighted by atomic mass is 9.96. The highest BCUT2D eigenvalue weighted by molar-refractivity contribution is 6.02. The predicted octanol–water partition coefficient (Wildman–Crippen LogP) is 5.84. The second-order valence-corrected chi connectivity index (χ2v) is 16.1. The van der Waals surface area contributed by atoms with E-state index < -0.39 is 11.6 Å². The highest BCUT2D eigenvalue weighted by Crippen LogP contribution is 2.37. The number of halogens is 2. The quantitative estimate of drug-likeness (QED) is 0.115. The monoisotopic (exact) mass is 810 g/mol. The van der Waals surface area contributed by atoms with Gasteiger partial charge in [0.05, 0.1) is 24.7 Å². The van der Waals surface area contributed by atoms with Crippen LogP contribution in [0.2, 0.25) is 0 Å². The molecule has 0 aliphatic carbocycles. The minimum atomic E-state index is -0.628. The smallest absolute Gasteiger partial charge is 0.318 e. The lowest BCUT2D eigenvalue weighted by molar-refractivity contribution is -0.132. The maximum atomic E-state index is 16.1. The number of ether oxygens (including phenoxy) is 2. The molecule has 59 heavy (non-hydrogen) atoms. The number of piperazine rings is 1. The number of fused-ring (bicyclic) bond motifs is 5. The van der Waals surface area contributed by atoms with E-state index >= 15 is 4.39 Å². The third kappa shape index (κ3) is 9.59. The van der Waals surface area contributed by atoms with Crippen molar-refractivity contribution < 1.29 is 27.8 Å². The maximum Gasteiger partial charge on any atom is 0.318 e. The Hall–Kier alpha value is -4.97. The van der Waals surface area contributed by atoms with Gasteiger partial charge in [0.1, 0.15) is 22.8 Å². The third-order valence-corrected chi connectivity index (χ3v) is 12.3. The standard InChI is InChI=1S/C26H21F2N5O.C10H18N2O2.C9H17NO/c1-3-17-20(27)10-7-14-5-4-6-18(21(14)17)23-22(28)24-19(11-29-23)25(32-26(31-24)34-2)33-12-15-8-9-16(13-33)30-15;13-9-11-6-4-5-10(14)12-7-2-1-3-8-12;1-11-7-9-5-4-8-3-2-6-10(8)9/h1,4-7,10-11,15-16,30H,8-9,12-13H2,2H3;9H,1-8H2,(H,11,13);8-9H,2-7H2,1H3. The SMILES string of the molecule is C#Cc1c(F)ccc2cccc(-c3ncc4c(N5CC6CCC(C5)N6)nc(OC)nc4c3F)c12.COCC1CCC2CCCN21.O=CNCCCC(=O)N1CCCCC1. The molecule has 4 atom stereocenters. The Kier molecular flexibility index (Phi) is 14.2. The number of anilines is 1. The zero-order chi connectivity index (χ0) is 41.3. The average Bonchev–Trinajstić information content (AvgIpc) is 3.99. The Morgan fingerprint density at radius 2 is 1.80 bits per heavy atom. The molecule has 5 aliphatic rings. The number of pyridine rings is 1. The zero-order valence-corrected chi connectivity index (χ0v) is 34.2. The van der Waals surface area contributed by atoms with Crippen LogP contribution in [0, 0.1) is 24.0 Å². The topological polar surface area (TPSA) is 125 Å². The Bertz CT molecular complexity index is 2130. The summed E-state index contributed by atoms with van der Waals surface area (Å²) < 4.78 is 41.1. The molecule has 2 bridgehead atoms. The molecule has 4 aromatic rings. The molecule has 2 amide bonds. The van der Waals surface area contributed by atoms with Gasteiger partial charge in [0.2, 0.25) is 12.3 Å². The number of methoxy groups -OCH3 is 2. The number of carbonyl (C=O) groups is 2. The van der Waals surface area contributed by atoms with Crippen LogP contribution in [0.15, 0.2) is 36.5 Å². The van der Waals surface area contributed by atoms with E-state index in [1.54, 1.807) is 30.5 Å². The van der Waals surface area contributed by atoms with Crippen molar-refractivity contribution in [1.82, 2.24) is 35.4 Å². The molecule has 5 fully saturated rings. The molecule has 4 unspecified atom stereocenters. The van der Waals surface area contributed by atoms with Gasteiger partial charge in [-0.25, -0.2) is 8.78 Å². The number of nitrogens with one attached hydrogen (secondary N) is 2. The molecule has 14 heteroatoms. The fraction of sp³-hybridized carbons (Fsp3) is 0.533. The zero-order valence-electron chi connectivity index (χ0n) is 34.2. The normalized spacial score (nSPS) is 22.2. The number of terminal acetylenes is 1. The fourth-order valence-corrected chi connectivity index (χ4v) is 9.48. The van der Waals surface area contributed by atoms with Gasteiger partial charge < -0.3 is 29.9 Å². The summed E-state index contributed by atoms with van der Waals surface area (Å²) in [6.07, 6.45) is 20.5. The van der Waals surface area contributed by atoms with Crippen molar-refractivity contribution in [3.05, 3.63) is 53.7 Å². The molecule has 0 radical (unpaired) electrons. The van der Waals surface area contributed by atoms with Crippen LogP contribution in [-0.2, 0) is 14.3 Å². The average molecular weight is 811 g/mol. The van der Waals surface area contributed by atoms with E-state index in [0.29, 0.717) is 59.0 Å². The molecule has 9 rings (SSSR count). The summed E-state index contributed by atoms with van der Waals surface area (Å²) in [7, 11) is 3.27. The number of hydrogen-bond acceptors (Lipinski definition) is 10. The fourth-order valence-electron chi connectivity index (χ4n) is 9.48. The van der Waals surface area contributed by atoms with E-state index in [1.807, 2.05) is 12.0 Å². The summed E-state index contributed by atoms with van der Waals surface area (Å²) in [6, 6.07) is 10.7. The van der Waals surface area contributed by atoms with Gasteiger partial charge in [0.15, 0.2) is 5.82 Å². The van der Waals surface area contributed by atoms with Crippen molar-refractivity contribution in [3.63, 3.8) is 0 Å². The number of rotatable bonds is 10. The lowest BCUT2D eigenvalue weighted by Gasteiger charge is -2.34. The summed E-state index contributed by atoms with van der Waals surface area (Å²) in [5.41, 5.74) is 0.635. The minimum Gasteiger partial charge on any atom is -0.467 e. The van der Waals surface area contributed by atoms with Crippen LogP contribution in [0.25, 0.3) is 32.9 Å². The second-order valence-electron chi connectivity index (χ2n) is 16.1. The lowest BCUT2D eigenvalue weighted by Crippen LogP contribution is -2.51. The third-order valence-electron chi connectivity index (χ3n) is 12.3. The molecule has 0 saturated carbocycles. The van der Waals surface area contributed by atoms with E-state index in [9.17, 15) is 14.0 Å². The summed E-state index contributed by atoms with van der Waals surface area (Å²) >= 11 is 0. The van der Waals surface area contributed by atoms with Crippen molar-refractivity contribution >= 4 is 39.8 Å². The van der Waals surface area contributed by atoms with Gasteiger partial charge >= 0.3 is 6.01 Å². The van der Waals surface area contributed by atoms with Crippen molar-refractivity contribution in [2.45, 2.75) is 94.8 Å². The van der Waals surface area contributed by atoms with Gasteiger partial charge in [-0.1, -0.05) is 30.2 Å². The first kappa shape index (κ1) is 42.2. The number of carbonyl (C=O) groups excluding carboxylic acids is 2. The molecular weight excluding hydrogens is 755 g/mol. The molecule has 2 N–H and O–H groups in total. The Morgan fingerprint density at radius 3 is 2.53 bits per heavy atom. The molecular formula is C45H56F2N8O4. The molecule has 0 spiro atoms. The minimum absolute atomic E-state index is 0.0484. The summed E-state index contributed by atoms with van der Waals surface area (Å²) in [6.45, 7) is 6.23. The van der Waals surface area contributed by atoms with Crippen LogP contribution < -0.4 is 20.3 Å². The molecule has 5 aliphatic heterocycles. The number of hydrogen-bond donors (Lipinski definition) is 2. The number of amides is 2. The first-order chi connectivity index (χ1) is 28.8. The van der Waals surface area contributed by atoms with E-state index in [-0.39, 0.29) is 28.7 Å². The summed E-state index contributed by atoms with van der Waals surface area (Å²) in [5, 5.41) is 7.79. The Balaban J connectivity index is 0.000000172. The van der Waals surface area contributed by atoms with Crippen molar-refractivity contribution in [2.75, 3.05) is 65.0 Å². The van der Waals surface area contributed by atoms with E-state index in [4.69, 9.17) is 15.9 Å².